The first kappa shape index (κ1) is 93.2. The molecule has 0 bridgehead atoms. The smallest absolute Gasteiger partial charge is 0.462 e. The number of unbranched alkanes of at least 4 members (excludes halogenated alkanes) is 49. The highest BCUT2D eigenvalue weighted by molar-refractivity contribution is 7.47. The van der Waals surface area contributed by atoms with E-state index in [1.54, 1.807) is 0 Å². The Morgan fingerprint density at radius 1 is 0.333 bits per heavy atom. The molecule has 96 heavy (non-hydrogen) atoms. The second kappa shape index (κ2) is 76.4. The Hall–Kier alpha value is -2.81. The molecule has 0 radical (unpaired) electrons. The molecule has 0 aliphatic rings. The van der Waals surface area contributed by atoms with E-state index in [1.165, 1.54) is 295 Å². The van der Waals surface area contributed by atoms with Gasteiger partial charge in [0.05, 0.1) is 27.7 Å². The van der Waals surface area contributed by atoms with E-state index < -0.39 is 26.5 Å². The summed E-state index contributed by atoms with van der Waals surface area (Å²) in [6, 6.07) is 0. The van der Waals surface area contributed by atoms with Gasteiger partial charge in [-0.3, -0.25) is 18.6 Å². The third kappa shape index (κ3) is 80.2. The van der Waals surface area contributed by atoms with Gasteiger partial charge in [-0.05, 0) is 89.9 Å². The van der Waals surface area contributed by atoms with Crippen LogP contribution >= 0.6 is 7.82 Å². The largest absolute Gasteiger partial charge is 0.472 e. The maximum absolute atomic E-state index is 12.9. The summed E-state index contributed by atoms with van der Waals surface area (Å²) in [5, 5.41) is 0. The van der Waals surface area contributed by atoms with Crippen LogP contribution in [0.15, 0.2) is 85.1 Å². The number of allylic oxidation sites excluding steroid dienone is 14. The van der Waals surface area contributed by atoms with Crippen molar-refractivity contribution in [2.75, 3.05) is 47.5 Å². The van der Waals surface area contributed by atoms with E-state index in [9.17, 15) is 19.0 Å². The van der Waals surface area contributed by atoms with Crippen LogP contribution in [-0.4, -0.2) is 74.9 Å². The monoisotopic (exact) mass is 1370 g/mol. The van der Waals surface area contributed by atoms with Crippen LogP contribution in [0.1, 0.15) is 399 Å². The average Bonchev–Trinajstić information content (AvgIpc) is 2.74. The fraction of sp³-hybridized carbons (Fsp3) is 0.814. The van der Waals surface area contributed by atoms with E-state index in [0.29, 0.717) is 23.9 Å². The number of carbonyl (C=O) groups excluding carboxylic acids is 2. The minimum absolute atomic E-state index is 0.0327. The summed E-state index contributed by atoms with van der Waals surface area (Å²) in [5.74, 6) is -0.777. The molecule has 0 aliphatic heterocycles. The Labute approximate surface area is 596 Å². The Balaban J connectivity index is 3.91. The molecule has 560 valence electrons. The predicted molar refractivity (Wildman–Crippen MR) is 418 cm³/mol. The number of rotatable bonds is 77. The van der Waals surface area contributed by atoms with Crippen molar-refractivity contribution < 1.29 is 42.1 Å². The van der Waals surface area contributed by atoms with Crippen molar-refractivity contribution in [3.05, 3.63) is 85.1 Å². The molecule has 2 atom stereocenters. The molecule has 9 nitrogen and oxygen atoms in total. The molecule has 0 saturated heterocycles. The van der Waals surface area contributed by atoms with Crippen molar-refractivity contribution in [3.63, 3.8) is 0 Å². The highest BCUT2D eigenvalue weighted by atomic mass is 31.2. The number of carbonyl (C=O) groups is 2. The molecule has 10 heteroatoms. The SMILES string of the molecule is CC/C=C\C/C=C\C/C=C\C/C=C\C/C=C\CCCCCCCCCCCCCCCCCCCCCC(=O)OC(COC(=O)CCCCCCCCCCCCCCCCCCCCCCCCCCC/C=C\C/C=C\CCCCCCC)COP(=O)(O)OCC[N+](C)(C)C. The summed E-state index contributed by atoms with van der Waals surface area (Å²) >= 11 is 0. The molecular formula is C86H159NO8P+. The van der Waals surface area contributed by atoms with Crippen molar-refractivity contribution >= 4 is 19.8 Å². The lowest BCUT2D eigenvalue weighted by Crippen LogP contribution is -2.37. The topological polar surface area (TPSA) is 108 Å². The third-order valence-electron chi connectivity index (χ3n) is 18.4. The van der Waals surface area contributed by atoms with Gasteiger partial charge in [0, 0.05) is 12.8 Å². The van der Waals surface area contributed by atoms with Gasteiger partial charge in [0.25, 0.3) is 0 Å². The third-order valence-corrected chi connectivity index (χ3v) is 19.4. The molecule has 0 rings (SSSR count). The van der Waals surface area contributed by atoms with Gasteiger partial charge in [-0.15, -0.1) is 0 Å². The van der Waals surface area contributed by atoms with Gasteiger partial charge in [0.1, 0.15) is 19.8 Å². The summed E-state index contributed by atoms with van der Waals surface area (Å²) in [6.45, 7) is 4.37. The first-order chi connectivity index (χ1) is 47.0. The lowest BCUT2D eigenvalue weighted by Gasteiger charge is -2.24. The van der Waals surface area contributed by atoms with Crippen LogP contribution in [-0.2, 0) is 32.7 Å². The molecule has 0 saturated carbocycles. The van der Waals surface area contributed by atoms with Crippen LogP contribution in [0.4, 0.5) is 0 Å². The highest BCUT2D eigenvalue weighted by Gasteiger charge is 2.27. The number of likely N-dealkylation sites (N-methyl/N-ethyl adjacent to an activating group) is 1. The Kier molecular flexibility index (Phi) is 74.1. The Morgan fingerprint density at radius 3 is 0.885 bits per heavy atom. The van der Waals surface area contributed by atoms with Gasteiger partial charge in [-0.2, -0.15) is 0 Å². The lowest BCUT2D eigenvalue weighted by atomic mass is 10.0. The number of phosphoric ester groups is 1. The zero-order valence-corrected chi connectivity index (χ0v) is 65.0. The molecular weight excluding hydrogens is 1210 g/mol. The van der Waals surface area contributed by atoms with Crippen LogP contribution in [0, 0.1) is 0 Å². The summed E-state index contributed by atoms with van der Waals surface area (Å²) in [4.78, 5) is 36.0. The maximum Gasteiger partial charge on any atom is 0.472 e. The fourth-order valence-electron chi connectivity index (χ4n) is 12.1. The van der Waals surface area contributed by atoms with Crippen LogP contribution in [0.5, 0.6) is 0 Å². The maximum atomic E-state index is 12.9. The number of nitrogens with zero attached hydrogens (tertiary/aromatic N) is 1. The minimum Gasteiger partial charge on any atom is -0.462 e. The van der Waals surface area contributed by atoms with Crippen molar-refractivity contribution in [2.45, 2.75) is 405 Å². The van der Waals surface area contributed by atoms with E-state index >= 15 is 0 Å². The van der Waals surface area contributed by atoms with Crippen molar-refractivity contribution in [1.82, 2.24) is 0 Å². The second-order valence-electron chi connectivity index (χ2n) is 29.1. The molecule has 0 amide bonds. The van der Waals surface area contributed by atoms with Gasteiger partial charge in [-0.25, -0.2) is 4.57 Å². The highest BCUT2D eigenvalue weighted by Crippen LogP contribution is 2.43. The van der Waals surface area contributed by atoms with Gasteiger partial charge in [0.15, 0.2) is 6.10 Å². The predicted octanol–water partition coefficient (Wildman–Crippen LogP) is 27.6. The molecule has 0 fully saturated rings. The van der Waals surface area contributed by atoms with E-state index in [-0.39, 0.29) is 25.6 Å². The molecule has 0 aromatic carbocycles. The van der Waals surface area contributed by atoms with Crippen molar-refractivity contribution in [2.24, 2.45) is 0 Å². The molecule has 0 spiro atoms. The second-order valence-corrected chi connectivity index (χ2v) is 30.6. The molecule has 0 aliphatic carbocycles. The molecule has 0 aromatic rings. The number of phosphoric acid groups is 1. The summed E-state index contributed by atoms with van der Waals surface area (Å²) in [5.41, 5.74) is 0. The van der Waals surface area contributed by atoms with Crippen molar-refractivity contribution in [1.29, 1.82) is 0 Å². The number of esters is 2. The first-order valence-corrected chi connectivity index (χ1v) is 42.8. The fourth-order valence-corrected chi connectivity index (χ4v) is 12.9. The van der Waals surface area contributed by atoms with E-state index in [2.05, 4.69) is 98.9 Å². The first-order valence-electron chi connectivity index (χ1n) is 41.3. The quantitative estimate of drug-likeness (QED) is 0.0211. The summed E-state index contributed by atoms with van der Waals surface area (Å²) < 4.78 is 34.9. The van der Waals surface area contributed by atoms with E-state index in [4.69, 9.17) is 18.5 Å². The van der Waals surface area contributed by atoms with Gasteiger partial charge in [-0.1, -0.05) is 381 Å². The number of hydrogen-bond donors (Lipinski definition) is 1. The van der Waals surface area contributed by atoms with Crippen LogP contribution in [0.25, 0.3) is 0 Å². The Morgan fingerprint density at radius 2 is 0.594 bits per heavy atom. The summed E-state index contributed by atoms with van der Waals surface area (Å²) in [7, 11) is 1.49. The van der Waals surface area contributed by atoms with E-state index in [0.717, 1.165) is 70.6 Å². The molecule has 1 N–H and O–H groups in total. The molecule has 2 unspecified atom stereocenters. The van der Waals surface area contributed by atoms with Gasteiger partial charge < -0.3 is 18.9 Å². The van der Waals surface area contributed by atoms with Crippen LogP contribution < -0.4 is 0 Å². The summed E-state index contributed by atoms with van der Waals surface area (Å²) in [6.07, 6.45) is 106. The van der Waals surface area contributed by atoms with Crippen molar-refractivity contribution in [3.8, 4) is 0 Å². The Bertz CT molecular complexity index is 1900. The standard InChI is InChI=1S/C86H158NO8P/c1-6-8-10-12-14-16-18-20-22-24-26-28-30-32-34-36-38-40-42-43-45-46-48-50-52-54-56-58-60-62-64-66-68-70-72-74-76-78-85(88)92-82-84(83-94-96(90,91)93-81-80-87(3,4)5)95-86(89)79-77-75-73-71-69-67-65-63-61-59-57-55-53-51-49-47-44-41-39-37-35-33-31-29-27-25-23-21-19-17-15-13-11-9-7-2/h9,11,15,17-18,20-21,23-24,26-27,29,33,35,84H,6-8,10,12-14,16,19,22,25,28,30-32,34,36-83H2,1-5H3/p+1/b11-9-,17-15-,20-18-,23-21-,26-24-,29-27-,35-33-. The van der Waals surface area contributed by atoms with Crippen LogP contribution in [0.2, 0.25) is 0 Å². The number of ether oxygens (including phenoxy) is 2. The van der Waals surface area contributed by atoms with Gasteiger partial charge in [0.2, 0.25) is 0 Å². The van der Waals surface area contributed by atoms with Crippen LogP contribution in [0.3, 0.4) is 0 Å². The number of hydrogen-bond acceptors (Lipinski definition) is 7. The lowest BCUT2D eigenvalue weighted by molar-refractivity contribution is -0.870. The minimum atomic E-state index is -4.40. The molecule has 0 aromatic heterocycles. The average molecular weight is 1370 g/mol. The normalized spacial score (nSPS) is 13.4. The van der Waals surface area contributed by atoms with E-state index in [1.807, 2.05) is 21.1 Å². The molecule has 0 heterocycles. The zero-order valence-electron chi connectivity index (χ0n) is 64.1. The zero-order chi connectivity index (χ0) is 69.7. The number of quaternary nitrogens is 1. The van der Waals surface area contributed by atoms with Gasteiger partial charge >= 0.3 is 19.8 Å².